The Balaban J connectivity index is 1.38. The third-order valence-electron chi connectivity index (χ3n) is 6.81. The van der Waals surface area contributed by atoms with Crippen LogP contribution < -0.4 is 20.1 Å². The zero-order valence-corrected chi connectivity index (χ0v) is 21.5. The fourth-order valence-electron chi connectivity index (χ4n) is 4.97. The molecule has 3 saturated carbocycles. The highest BCUT2D eigenvalue weighted by Gasteiger charge is 2.53. The van der Waals surface area contributed by atoms with Gasteiger partial charge in [-0.2, -0.15) is 0 Å². The second-order valence-corrected chi connectivity index (χ2v) is 10.2. The first kappa shape index (κ1) is 27.7. The van der Waals surface area contributed by atoms with E-state index in [1.807, 2.05) is 0 Å². The third-order valence-corrected chi connectivity index (χ3v) is 7.42. The lowest BCUT2D eigenvalue weighted by Gasteiger charge is -2.55. The van der Waals surface area contributed by atoms with Gasteiger partial charge in [0.25, 0.3) is 11.8 Å². The number of rotatable bonds is 9. The Morgan fingerprint density at radius 1 is 0.868 bits per heavy atom. The number of benzene rings is 2. The van der Waals surface area contributed by atoms with E-state index < -0.39 is 47.1 Å². The maximum absolute atomic E-state index is 13.6. The van der Waals surface area contributed by atoms with Gasteiger partial charge in [0, 0.05) is 23.7 Å². The van der Waals surface area contributed by atoms with Crippen molar-refractivity contribution in [2.24, 2.45) is 0 Å². The van der Waals surface area contributed by atoms with Gasteiger partial charge in [0.2, 0.25) is 0 Å². The standard InChI is InChI=1S/C26H24Cl2F2N2O6/c27-18-3-1-16(10-20(18)29)37-13-22(33)31-25-5-7-26(8-6-25,15(12-25)9-24(35)36)32-23(34)14-38-17-2-4-19(28)21(30)11-17/h1-4,9-11H,5-8,12-14H2,(H,31,33)(H,32,34)(H,35,36). The fraction of sp³-hybridized carbons (Fsp3) is 0.346. The Bertz CT molecular complexity index is 1290. The molecular weight excluding hydrogens is 545 g/mol. The number of nitrogens with one attached hydrogen (secondary N) is 2. The van der Waals surface area contributed by atoms with Crippen molar-refractivity contribution < 1.29 is 37.7 Å². The Hall–Kier alpha value is -3.37. The topological polar surface area (TPSA) is 114 Å². The molecule has 3 N–H and O–H groups in total. The van der Waals surface area contributed by atoms with Crippen LogP contribution in [0.1, 0.15) is 32.1 Å². The van der Waals surface area contributed by atoms with Crippen LogP contribution in [0.2, 0.25) is 10.0 Å². The minimum atomic E-state index is -1.18. The van der Waals surface area contributed by atoms with E-state index in [0.717, 1.165) is 18.2 Å². The van der Waals surface area contributed by atoms with E-state index in [0.29, 0.717) is 31.3 Å². The summed E-state index contributed by atoms with van der Waals surface area (Å²) in [4.78, 5) is 36.9. The second kappa shape index (κ2) is 11.2. The lowest BCUT2D eigenvalue weighted by molar-refractivity contribution is -0.132. The van der Waals surface area contributed by atoms with Crippen LogP contribution in [-0.4, -0.2) is 47.2 Å². The molecule has 0 atom stereocenters. The maximum Gasteiger partial charge on any atom is 0.328 e. The number of carboxylic acids is 1. The van der Waals surface area contributed by atoms with Crippen LogP contribution in [0.3, 0.4) is 0 Å². The molecule has 2 aromatic carbocycles. The Kier molecular flexibility index (Phi) is 8.13. The molecule has 0 radical (unpaired) electrons. The highest BCUT2D eigenvalue weighted by atomic mass is 35.5. The van der Waals surface area contributed by atoms with E-state index in [4.69, 9.17) is 32.7 Å². The number of ether oxygens (including phenoxy) is 2. The van der Waals surface area contributed by atoms with Gasteiger partial charge in [0.15, 0.2) is 13.2 Å². The highest BCUT2D eigenvalue weighted by molar-refractivity contribution is 6.31. The molecule has 0 unspecified atom stereocenters. The van der Waals surface area contributed by atoms with Crippen molar-refractivity contribution in [3.63, 3.8) is 0 Å². The molecule has 0 saturated heterocycles. The summed E-state index contributed by atoms with van der Waals surface area (Å²) in [5.74, 6) is -3.21. The number of aliphatic carboxylic acids is 1. The summed E-state index contributed by atoms with van der Waals surface area (Å²) in [6.45, 7) is -0.779. The molecule has 5 rings (SSSR count). The Morgan fingerprint density at radius 3 is 1.84 bits per heavy atom. The van der Waals surface area contributed by atoms with Crippen molar-refractivity contribution in [3.8, 4) is 11.5 Å². The average Bonchev–Trinajstić information content (AvgIpc) is 2.86. The van der Waals surface area contributed by atoms with Crippen molar-refractivity contribution in [2.45, 2.75) is 43.2 Å². The van der Waals surface area contributed by atoms with Gasteiger partial charge in [0.1, 0.15) is 23.1 Å². The second-order valence-electron chi connectivity index (χ2n) is 9.37. The first-order chi connectivity index (χ1) is 18.0. The summed E-state index contributed by atoms with van der Waals surface area (Å²) in [5.41, 5.74) is -1.15. The molecule has 2 bridgehead atoms. The number of halogens is 4. The molecule has 3 fully saturated rings. The highest BCUT2D eigenvalue weighted by Crippen LogP contribution is 2.50. The lowest BCUT2D eigenvalue weighted by atomic mass is 9.58. The van der Waals surface area contributed by atoms with Crippen molar-refractivity contribution in [1.29, 1.82) is 0 Å². The minimum Gasteiger partial charge on any atom is -0.484 e. The van der Waals surface area contributed by atoms with Gasteiger partial charge in [0.05, 0.1) is 15.6 Å². The Morgan fingerprint density at radius 2 is 1.37 bits per heavy atom. The molecule has 12 heteroatoms. The zero-order valence-electron chi connectivity index (χ0n) is 20.0. The number of carbonyl (C=O) groups is 3. The summed E-state index contributed by atoms with van der Waals surface area (Å²) in [6, 6.07) is 7.64. The van der Waals surface area contributed by atoms with Crippen LogP contribution >= 0.6 is 23.2 Å². The summed E-state index contributed by atoms with van der Waals surface area (Å²) in [6.07, 6.45) is 3.00. The predicted octanol–water partition coefficient (Wildman–Crippen LogP) is 4.43. The van der Waals surface area contributed by atoms with Gasteiger partial charge in [-0.25, -0.2) is 13.6 Å². The summed E-state index contributed by atoms with van der Waals surface area (Å²) < 4.78 is 38.0. The predicted molar refractivity (Wildman–Crippen MR) is 134 cm³/mol. The van der Waals surface area contributed by atoms with Gasteiger partial charge in [-0.15, -0.1) is 0 Å². The largest absolute Gasteiger partial charge is 0.484 e. The van der Waals surface area contributed by atoms with Gasteiger partial charge >= 0.3 is 5.97 Å². The van der Waals surface area contributed by atoms with Crippen molar-refractivity contribution in [1.82, 2.24) is 10.6 Å². The van der Waals surface area contributed by atoms with Crippen LogP contribution in [0, 0.1) is 11.6 Å². The van der Waals surface area contributed by atoms with Crippen LogP contribution in [0.5, 0.6) is 11.5 Å². The van der Waals surface area contributed by atoms with E-state index in [1.165, 1.54) is 24.3 Å². The molecule has 202 valence electrons. The molecule has 0 aliphatic heterocycles. The molecule has 3 aliphatic rings. The number of hydrogen-bond acceptors (Lipinski definition) is 5. The van der Waals surface area contributed by atoms with Crippen molar-refractivity contribution in [2.75, 3.05) is 13.2 Å². The third kappa shape index (κ3) is 6.36. The molecule has 8 nitrogen and oxygen atoms in total. The van der Waals surface area contributed by atoms with Crippen LogP contribution in [0.15, 0.2) is 48.0 Å². The number of amides is 2. The fourth-order valence-corrected chi connectivity index (χ4v) is 5.20. The van der Waals surface area contributed by atoms with E-state index >= 15 is 0 Å². The molecule has 0 spiro atoms. The summed E-state index contributed by atoms with van der Waals surface area (Å²) in [5, 5.41) is 15.2. The lowest BCUT2D eigenvalue weighted by Crippen LogP contribution is -2.65. The van der Waals surface area contributed by atoms with E-state index in [9.17, 15) is 28.3 Å². The molecular formula is C26H24Cl2F2N2O6. The molecule has 0 aromatic heterocycles. The SMILES string of the molecule is O=C(O)C=C1CC2(NC(=O)COc3ccc(Cl)c(F)c3)CCC1(NC(=O)COc1ccc(Cl)c(F)c1)CC2. The van der Waals surface area contributed by atoms with E-state index in [2.05, 4.69) is 10.6 Å². The minimum absolute atomic E-state index is 0.0659. The van der Waals surface area contributed by atoms with Crippen molar-refractivity contribution in [3.05, 3.63) is 69.7 Å². The van der Waals surface area contributed by atoms with Gasteiger partial charge < -0.3 is 25.2 Å². The van der Waals surface area contributed by atoms with Crippen LogP contribution in [0.4, 0.5) is 8.78 Å². The van der Waals surface area contributed by atoms with Gasteiger partial charge in [-0.3, -0.25) is 9.59 Å². The molecule has 2 amide bonds. The van der Waals surface area contributed by atoms with E-state index in [1.54, 1.807) is 0 Å². The quantitative estimate of drug-likeness (QED) is 0.386. The number of hydrogen-bond donors (Lipinski definition) is 3. The average molecular weight is 569 g/mol. The molecule has 3 aliphatic carbocycles. The van der Waals surface area contributed by atoms with Gasteiger partial charge in [-0.05, 0) is 61.9 Å². The van der Waals surface area contributed by atoms with Gasteiger partial charge in [-0.1, -0.05) is 23.2 Å². The smallest absolute Gasteiger partial charge is 0.328 e. The molecule has 0 heterocycles. The van der Waals surface area contributed by atoms with Crippen LogP contribution in [0.25, 0.3) is 0 Å². The first-order valence-electron chi connectivity index (χ1n) is 11.7. The summed E-state index contributed by atoms with van der Waals surface area (Å²) >= 11 is 11.3. The summed E-state index contributed by atoms with van der Waals surface area (Å²) in [7, 11) is 0. The molecule has 38 heavy (non-hydrogen) atoms. The number of fused-ring (bicyclic) bond motifs is 3. The van der Waals surface area contributed by atoms with E-state index in [-0.39, 0.29) is 34.6 Å². The number of carbonyl (C=O) groups excluding carboxylic acids is 2. The monoisotopic (exact) mass is 568 g/mol. The van der Waals surface area contributed by atoms with Crippen molar-refractivity contribution >= 4 is 41.0 Å². The zero-order chi connectivity index (χ0) is 27.5. The molecule has 2 aromatic rings. The number of carboxylic acid groups (broad SMARTS) is 1. The first-order valence-corrected chi connectivity index (χ1v) is 12.5. The Labute approximate surface area is 226 Å². The van der Waals surface area contributed by atoms with Crippen LogP contribution in [-0.2, 0) is 14.4 Å². The maximum atomic E-state index is 13.6. The normalized spacial score (nSPS) is 23.1.